The summed E-state index contributed by atoms with van der Waals surface area (Å²) in [5.74, 6) is 2.83. The summed E-state index contributed by atoms with van der Waals surface area (Å²) in [4.78, 5) is 2.43. The molecule has 1 aliphatic heterocycles. The monoisotopic (exact) mass is 361 g/mol. The summed E-state index contributed by atoms with van der Waals surface area (Å²) in [6.07, 6.45) is 1.13. The lowest BCUT2D eigenvalue weighted by Gasteiger charge is -2.21. The third kappa shape index (κ3) is 4.02. The molecular weight excluding hydrogens is 338 g/mol. The Kier molecular flexibility index (Phi) is 5.71. The summed E-state index contributed by atoms with van der Waals surface area (Å²) in [5.41, 5.74) is 2.36. The number of ether oxygens (including phenoxy) is 3. The van der Waals surface area contributed by atoms with Gasteiger partial charge in [0.15, 0.2) is 0 Å². The van der Waals surface area contributed by atoms with E-state index in [1.54, 1.807) is 21.3 Å². The minimum Gasteiger partial charge on any atom is -0.496 e. The zero-order chi connectivity index (χ0) is 17.8. The molecule has 2 aromatic carbocycles. The van der Waals surface area contributed by atoms with Gasteiger partial charge < -0.3 is 14.2 Å². The smallest absolute Gasteiger partial charge is 0.130 e. The summed E-state index contributed by atoms with van der Waals surface area (Å²) >= 11 is 6.14. The highest BCUT2D eigenvalue weighted by Crippen LogP contribution is 2.37. The van der Waals surface area contributed by atoms with Crippen molar-refractivity contribution >= 4 is 11.6 Å². The quantitative estimate of drug-likeness (QED) is 0.765. The molecule has 134 valence electrons. The Balaban J connectivity index is 1.77. The van der Waals surface area contributed by atoms with Crippen molar-refractivity contribution in [2.45, 2.75) is 18.9 Å². The zero-order valence-electron chi connectivity index (χ0n) is 14.9. The van der Waals surface area contributed by atoms with Gasteiger partial charge in [-0.05, 0) is 36.6 Å². The number of halogens is 1. The summed E-state index contributed by atoms with van der Waals surface area (Å²) in [6.45, 7) is 2.82. The van der Waals surface area contributed by atoms with Crippen LogP contribution < -0.4 is 14.2 Å². The summed E-state index contributed by atoms with van der Waals surface area (Å²) in [7, 11) is 5.00. The highest BCUT2D eigenvalue weighted by atomic mass is 35.5. The molecule has 1 saturated heterocycles. The van der Waals surface area contributed by atoms with Gasteiger partial charge in [0, 0.05) is 30.2 Å². The van der Waals surface area contributed by atoms with Crippen molar-refractivity contribution in [3.8, 4) is 17.2 Å². The average Bonchev–Trinajstić information content (AvgIpc) is 3.10. The van der Waals surface area contributed by atoms with E-state index in [0.717, 1.165) is 53.9 Å². The first-order chi connectivity index (χ1) is 12.1. The molecule has 0 amide bonds. The minimum atomic E-state index is 0.508. The van der Waals surface area contributed by atoms with Crippen molar-refractivity contribution in [2.24, 2.45) is 0 Å². The van der Waals surface area contributed by atoms with Gasteiger partial charge in [-0.25, -0.2) is 0 Å². The molecule has 0 unspecified atom stereocenters. The van der Waals surface area contributed by atoms with E-state index in [0.29, 0.717) is 5.92 Å². The van der Waals surface area contributed by atoms with Crippen molar-refractivity contribution in [1.29, 1.82) is 0 Å². The SMILES string of the molecule is COc1cc(OC)c(CN2CC[C@@H](c3cccc(Cl)c3)C2)c(OC)c1. The standard InChI is InChI=1S/C20H24ClNO3/c1-23-17-10-19(24-2)18(20(11-17)25-3)13-22-8-7-15(12-22)14-5-4-6-16(21)9-14/h4-6,9-11,15H,7-8,12-13H2,1-3H3/t15-/m1/s1. The first-order valence-electron chi connectivity index (χ1n) is 8.41. The van der Waals surface area contributed by atoms with Crippen LogP contribution in [-0.4, -0.2) is 39.3 Å². The molecule has 0 N–H and O–H groups in total. The van der Waals surface area contributed by atoms with Crippen LogP contribution in [0, 0.1) is 0 Å². The molecule has 25 heavy (non-hydrogen) atoms. The van der Waals surface area contributed by atoms with E-state index >= 15 is 0 Å². The summed E-state index contributed by atoms with van der Waals surface area (Å²) in [5, 5.41) is 0.800. The van der Waals surface area contributed by atoms with Gasteiger partial charge in [-0.3, -0.25) is 4.90 Å². The Morgan fingerprint density at radius 2 is 1.76 bits per heavy atom. The van der Waals surface area contributed by atoms with E-state index in [2.05, 4.69) is 17.0 Å². The van der Waals surface area contributed by atoms with Crippen LogP contribution in [0.25, 0.3) is 0 Å². The fourth-order valence-electron chi connectivity index (χ4n) is 3.47. The Hall–Kier alpha value is -1.91. The molecule has 1 atom stereocenters. The molecule has 1 aliphatic rings. The van der Waals surface area contributed by atoms with Crippen molar-refractivity contribution in [3.05, 3.63) is 52.5 Å². The highest BCUT2D eigenvalue weighted by Gasteiger charge is 2.26. The predicted molar refractivity (Wildman–Crippen MR) is 100 cm³/mol. The largest absolute Gasteiger partial charge is 0.496 e. The molecule has 0 aliphatic carbocycles. The number of hydrogen-bond donors (Lipinski definition) is 0. The van der Waals surface area contributed by atoms with Crippen LogP contribution in [0.1, 0.15) is 23.5 Å². The lowest BCUT2D eigenvalue weighted by atomic mass is 9.99. The lowest BCUT2D eigenvalue weighted by molar-refractivity contribution is 0.304. The Morgan fingerprint density at radius 1 is 1.04 bits per heavy atom. The molecule has 0 spiro atoms. The molecule has 3 rings (SSSR count). The van der Waals surface area contributed by atoms with Crippen molar-refractivity contribution in [1.82, 2.24) is 4.90 Å². The number of rotatable bonds is 6. The zero-order valence-corrected chi connectivity index (χ0v) is 15.7. The van der Waals surface area contributed by atoms with Crippen molar-refractivity contribution in [2.75, 3.05) is 34.4 Å². The van der Waals surface area contributed by atoms with Crippen LogP contribution in [0.15, 0.2) is 36.4 Å². The summed E-state index contributed by atoms with van der Waals surface area (Å²) in [6, 6.07) is 12.0. The van der Waals surface area contributed by atoms with Gasteiger partial charge in [0.05, 0.1) is 26.9 Å². The van der Waals surface area contributed by atoms with Gasteiger partial charge in [0.1, 0.15) is 17.2 Å². The number of hydrogen-bond acceptors (Lipinski definition) is 4. The van der Waals surface area contributed by atoms with Crippen LogP contribution in [0.4, 0.5) is 0 Å². The first kappa shape index (κ1) is 17.9. The molecule has 4 nitrogen and oxygen atoms in total. The highest BCUT2D eigenvalue weighted by molar-refractivity contribution is 6.30. The molecule has 0 aromatic heterocycles. The Bertz CT molecular complexity index is 710. The maximum atomic E-state index is 6.14. The number of methoxy groups -OCH3 is 3. The molecule has 1 heterocycles. The molecule has 0 radical (unpaired) electrons. The molecule has 2 aromatic rings. The van der Waals surface area contributed by atoms with Gasteiger partial charge >= 0.3 is 0 Å². The van der Waals surface area contributed by atoms with Gasteiger partial charge in [-0.15, -0.1) is 0 Å². The van der Waals surface area contributed by atoms with E-state index in [1.165, 1.54) is 5.56 Å². The van der Waals surface area contributed by atoms with Gasteiger partial charge in [-0.1, -0.05) is 23.7 Å². The van der Waals surface area contributed by atoms with E-state index in [9.17, 15) is 0 Å². The van der Waals surface area contributed by atoms with Crippen LogP contribution in [-0.2, 0) is 6.54 Å². The average molecular weight is 362 g/mol. The number of nitrogens with zero attached hydrogens (tertiary/aromatic N) is 1. The van der Waals surface area contributed by atoms with Crippen LogP contribution in [0.5, 0.6) is 17.2 Å². The molecular formula is C20H24ClNO3. The molecule has 0 saturated carbocycles. The van der Waals surface area contributed by atoms with E-state index in [-0.39, 0.29) is 0 Å². The second-order valence-corrected chi connectivity index (χ2v) is 6.72. The van der Waals surface area contributed by atoms with E-state index < -0.39 is 0 Å². The molecule has 0 bridgehead atoms. The van der Waals surface area contributed by atoms with Crippen molar-refractivity contribution in [3.63, 3.8) is 0 Å². The predicted octanol–water partition coefficient (Wildman–Crippen LogP) is 4.36. The second-order valence-electron chi connectivity index (χ2n) is 6.29. The van der Waals surface area contributed by atoms with E-state index in [4.69, 9.17) is 25.8 Å². The van der Waals surface area contributed by atoms with Crippen molar-refractivity contribution < 1.29 is 14.2 Å². The van der Waals surface area contributed by atoms with E-state index in [1.807, 2.05) is 24.3 Å². The molecule has 1 fully saturated rings. The number of benzene rings is 2. The minimum absolute atomic E-state index is 0.508. The van der Waals surface area contributed by atoms with Gasteiger partial charge in [0.25, 0.3) is 0 Å². The maximum Gasteiger partial charge on any atom is 0.130 e. The van der Waals surface area contributed by atoms with Gasteiger partial charge in [0.2, 0.25) is 0 Å². The fraction of sp³-hybridized carbons (Fsp3) is 0.400. The van der Waals surface area contributed by atoms with Crippen LogP contribution in [0.3, 0.4) is 0 Å². The normalized spacial score (nSPS) is 17.5. The topological polar surface area (TPSA) is 30.9 Å². The second kappa shape index (κ2) is 7.98. The third-order valence-electron chi connectivity index (χ3n) is 4.79. The fourth-order valence-corrected chi connectivity index (χ4v) is 3.66. The molecule has 5 heteroatoms. The Morgan fingerprint density at radius 3 is 2.36 bits per heavy atom. The summed E-state index contributed by atoms with van der Waals surface area (Å²) < 4.78 is 16.5. The van der Waals surface area contributed by atoms with Gasteiger partial charge in [-0.2, -0.15) is 0 Å². The lowest BCUT2D eigenvalue weighted by Crippen LogP contribution is -2.20. The Labute approximate surface area is 154 Å². The third-order valence-corrected chi connectivity index (χ3v) is 5.03. The van der Waals surface area contributed by atoms with Crippen LogP contribution >= 0.6 is 11.6 Å². The van der Waals surface area contributed by atoms with Crippen LogP contribution in [0.2, 0.25) is 5.02 Å². The first-order valence-corrected chi connectivity index (χ1v) is 8.79. The number of likely N-dealkylation sites (tertiary alicyclic amines) is 1. The maximum absolute atomic E-state index is 6.14.